The van der Waals surface area contributed by atoms with Crippen molar-refractivity contribution in [3.05, 3.63) is 83.4 Å². The number of nitrogens with one attached hydrogen (secondary N) is 3. The van der Waals surface area contributed by atoms with Crippen LogP contribution in [-0.2, 0) is 0 Å². The molecule has 0 unspecified atom stereocenters. The second-order valence-electron chi connectivity index (χ2n) is 10.2. The van der Waals surface area contributed by atoms with Crippen molar-refractivity contribution in [2.24, 2.45) is 0 Å². The van der Waals surface area contributed by atoms with Gasteiger partial charge in [-0.05, 0) is 111 Å². The number of benzene rings is 4. The van der Waals surface area contributed by atoms with Gasteiger partial charge in [-0.25, -0.2) is 0 Å². The quantitative estimate of drug-likeness (QED) is 0.315. The number of rotatable bonds is 4. The molecule has 2 saturated heterocycles. The highest BCUT2D eigenvalue weighted by Gasteiger charge is 2.20. The Labute approximate surface area is 203 Å². The summed E-state index contributed by atoms with van der Waals surface area (Å²) in [5, 5.41) is 16.3. The maximum absolute atomic E-state index is 3.85. The molecule has 0 aromatic heterocycles. The summed E-state index contributed by atoms with van der Waals surface area (Å²) in [6.45, 7) is 6.67. The molecule has 0 spiro atoms. The van der Waals surface area contributed by atoms with E-state index in [1.54, 1.807) is 0 Å². The first-order valence-corrected chi connectivity index (χ1v) is 13.0. The van der Waals surface area contributed by atoms with Crippen LogP contribution in [0.4, 0.5) is 11.4 Å². The van der Waals surface area contributed by atoms with Gasteiger partial charge in [0.05, 0.1) is 0 Å². The molecule has 3 heteroatoms. The Kier molecular flexibility index (Phi) is 5.98. The van der Waals surface area contributed by atoms with E-state index < -0.39 is 0 Å². The van der Waals surface area contributed by atoms with Crippen LogP contribution in [-0.4, -0.2) is 26.2 Å². The van der Waals surface area contributed by atoms with Crippen LogP contribution in [0.25, 0.3) is 21.5 Å². The third-order valence-corrected chi connectivity index (χ3v) is 7.99. The van der Waals surface area contributed by atoms with Crippen molar-refractivity contribution in [1.82, 2.24) is 10.6 Å². The van der Waals surface area contributed by atoms with Crippen molar-refractivity contribution in [3.8, 4) is 0 Å². The van der Waals surface area contributed by atoms with E-state index in [0.717, 1.165) is 26.2 Å². The van der Waals surface area contributed by atoms with Gasteiger partial charge in [0.2, 0.25) is 0 Å². The van der Waals surface area contributed by atoms with Gasteiger partial charge < -0.3 is 16.0 Å². The summed E-state index contributed by atoms with van der Waals surface area (Å²) in [5.74, 6) is 1.29. The van der Waals surface area contributed by atoms with Crippen molar-refractivity contribution in [2.75, 3.05) is 31.5 Å². The van der Waals surface area contributed by atoms with E-state index in [1.807, 2.05) is 0 Å². The number of hydrogen-bond donors (Lipinski definition) is 3. The molecule has 4 aromatic rings. The van der Waals surface area contributed by atoms with Gasteiger partial charge in [-0.15, -0.1) is 0 Å². The molecule has 3 N–H and O–H groups in total. The SMILES string of the molecule is Cc1ccc2c(C3CCNCC3)ccc(Nc3ccc(C4CCNCC4)c4ccccc34)c2c1. The molecule has 2 aliphatic rings. The molecule has 0 saturated carbocycles. The summed E-state index contributed by atoms with van der Waals surface area (Å²) in [7, 11) is 0. The topological polar surface area (TPSA) is 36.1 Å². The molecule has 2 heterocycles. The van der Waals surface area contributed by atoms with Crippen LogP contribution >= 0.6 is 0 Å². The van der Waals surface area contributed by atoms with Crippen molar-refractivity contribution < 1.29 is 0 Å². The van der Waals surface area contributed by atoms with Gasteiger partial charge in [0.15, 0.2) is 0 Å². The number of hydrogen-bond acceptors (Lipinski definition) is 3. The number of piperidine rings is 2. The Morgan fingerprint density at radius 3 is 1.74 bits per heavy atom. The van der Waals surface area contributed by atoms with Crippen molar-refractivity contribution >= 4 is 32.9 Å². The molecule has 0 bridgehead atoms. The maximum Gasteiger partial charge on any atom is 0.0464 e. The molecule has 0 aliphatic carbocycles. The zero-order valence-electron chi connectivity index (χ0n) is 20.2. The normalized spacial score (nSPS) is 17.9. The summed E-state index contributed by atoms with van der Waals surface area (Å²) in [4.78, 5) is 0. The number of aryl methyl sites for hydroxylation is 1. The molecular weight excluding hydrogens is 414 g/mol. The van der Waals surface area contributed by atoms with Gasteiger partial charge in [-0.3, -0.25) is 0 Å². The molecule has 0 atom stereocenters. The van der Waals surface area contributed by atoms with Gasteiger partial charge in [0, 0.05) is 22.1 Å². The van der Waals surface area contributed by atoms with Crippen molar-refractivity contribution in [3.63, 3.8) is 0 Å². The smallest absolute Gasteiger partial charge is 0.0464 e. The third kappa shape index (κ3) is 4.08. The van der Waals surface area contributed by atoms with Gasteiger partial charge in [0.1, 0.15) is 0 Å². The molecule has 2 aliphatic heterocycles. The second-order valence-corrected chi connectivity index (χ2v) is 10.2. The Hall–Kier alpha value is -2.88. The van der Waals surface area contributed by atoms with Gasteiger partial charge >= 0.3 is 0 Å². The molecule has 0 amide bonds. The lowest BCUT2D eigenvalue weighted by Crippen LogP contribution is -2.26. The fourth-order valence-electron chi connectivity index (χ4n) is 6.15. The Morgan fingerprint density at radius 2 is 1.12 bits per heavy atom. The van der Waals surface area contributed by atoms with Crippen LogP contribution < -0.4 is 16.0 Å². The molecule has 2 fully saturated rings. The lowest BCUT2D eigenvalue weighted by molar-refractivity contribution is 0.462. The van der Waals surface area contributed by atoms with E-state index >= 15 is 0 Å². The first kappa shape index (κ1) is 21.6. The second kappa shape index (κ2) is 9.40. The highest BCUT2D eigenvalue weighted by atomic mass is 14.9. The minimum atomic E-state index is 0.644. The fraction of sp³-hybridized carbons (Fsp3) is 0.355. The molecule has 3 nitrogen and oxygen atoms in total. The highest BCUT2D eigenvalue weighted by molar-refractivity contribution is 6.03. The van der Waals surface area contributed by atoms with Gasteiger partial charge in [-0.2, -0.15) is 0 Å². The first-order chi connectivity index (χ1) is 16.8. The molecule has 6 rings (SSSR count). The van der Waals surface area contributed by atoms with Gasteiger partial charge in [0.25, 0.3) is 0 Å². The summed E-state index contributed by atoms with van der Waals surface area (Å²) < 4.78 is 0. The molecular formula is C31H35N3. The average molecular weight is 450 g/mol. The average Bonchev–Trinajstić information content (AvgIpc) is 2.90. The summed E-state index contributed by atoms with van der Waals surface area (Å²) in [5.41, 5.74) is 6.73. The zero-order valence-corrected chi connectivity index (χ0v) is 20.2. The van der Waals surface area contributed by atoms with Crippen molar-refractivity contribution in [2.45, 2.75) is 44.4 Å². The van der Waals surface area contributed by atoms with E-state index in [2.05, 4.69) is 89.6 Å². The van der Waals surface area contributed by atoms with Crippen LogP contribution in [0, 0.1) is 6.92 Å². The van der Waals surface area contributed by atoms with Crippen LogP contribution in [0.15, 0.2) is 66.7 Å². The van der Waals surface area contributed by atoms with Crippen LogP contribution in [0.5, 0.6) is 0 Å². The molecule has 4 aromatic carbocycles. The summed E-state index contributed by atoms with van der Waals surface area (Å²) >= 11 is 0. The standard InChI is InChI=1S/C31H35N3/c1-21-6-7-27-25(23-14-18-33-19-15-23)9-11-31(29(27)20-21)34-30-10-8-24(22-12-16-32-17-13-22)26-4-2-3-5-28(26)30/h2-11,20,22-23,32-34H,12-19H2,1H3. The highest BCUT2D eigenvalue weighted by Crippen LogP contribution is 2.39. The summed E-state index contributed by atoms with van der Waals surface area (Å²) in [6.07, 6.45) is 4.88. The lowest BCUT2D eigenvalue weighted by atomic mass is 9.86. The Bertz CT molecular complexity index is 1310. The predicted molar refractivity (Wildman–Crippen MR) is 146 cm³/mol. The maximum atomic E-state index is 3.85. The zero-order chi connectivity index (χ0) is 22.9. The van der Waals surface area contributed by atoms with E-state index in [0.29, 0.717) is 11.8 Å². The largest absolute Gasteiger partial charge is 0.355 e. The van der Waals surface area contributed by atoms with E-state index in [1.165, 1.54) is 75.3 Å². The van der Waals surface area contributed by atoms with Crippen molar-refractivity contribution in [1.29, 1.82) is 0 Å². The van der Waals surface area contributed by atoms with E-state index in [4.69, 9.17) is 0 Å². The van der Waals surface area contributed by atoms with Crippen LogP contribution in [0.1, 0.15) is 54.2 Å². The first-order valence-electron chi connectivity index (χ1n) is 13.0. The van der Waals surface area contributed by atoms with Crippen LogP contribution in [0.3, 0.4) is 0 Å². The number of fused-ring (bicyclic) bond motifs is 2. The molecule has 174 valence electrons. The van der Waals surface area contributed by atoms with Gasteiger partial charge in [-0.1, -0.05) is 54.1 Å². The molecule has 34 heavy (non-hydrogen) atoms. The number of anilines is 2. The summed E-state index contributed by atoms with van der Waals surface area (Å²) in [6, 6.07) is 25.3. The van der Waals surface area contributed by atoms with E-state index in [9.17, 15) is 0 Å². The monoisotopic (exact) mass is 449 g/mol. The minimum Gasteiger partial charge on any atom is -0.355 e. The van der Waals surface area contributed by atoms with Crippen LogP contribution in [0.2, 0.25) is 0 Å². The molecule has 0 radical (unpaired) electrons. The third-order valence-electron chi connectivity index (χ3n) is 7.99. The Balaban J connectivity index is 1.42. The van der Waals surface area contributed by atoms with E-state index in [-0.39, 0.29) is 0 Å². The predicted octanol–water partition coefficient (Wildman–Crippen LogP) is 6.98. The Morgan fingerprint density at radius 1 is 0.588 bits per heavy atom. The fourth-order valence-corrected chi connectivity index (χ4v) is 6.15. The lowest BCUT2D eigenvalue weighted by Gasteiger charge is -2.26. The minimum absolute atomic E-state index is 0.644.